The topological polar surface area (TPSA) is 84.8 Å². The number of carbonyl (C=O) groups is 1. The van der Waals surface area contributed by atoms with Gasteiger partial charge in [0.1, 0.15) is 11.5 Å². The number of amides is 1. The summed E-state index contributed by atoms with van der Waals surface area (Å²) in [4.78, 5) is 12.3. The van der Waals surface area contributed by atoms with Crippen LogP contribution in [0.2, 0.25) is 0 Å². The summed E-state index contributed by atoms with van der Waals surface area (Å²) < 4.78 is 20.1. The highest BCUT2D eigenvalue weighted by molar-refractivity contribution is 6.03. The van der Waals surface area contributed by atoms with Gasteiger partial charge in [-0.15, -0.1) is 0 Å². The summed E-state index contributed by atoms with van der Waals surface area (Å²) in [5.74, 6) is -0.634. The van der Waals surface area contributed by atoms with Crippen molar-refractivity contribution in [1.82, 2.24) is 20.0 Å². The van der Waals surface area contributed by atoms with E-state index in [2.05, 4.69) is 20.6 Å². The van der Waals surface area contributed by atoms with Crippen LogP contribution in [0.25, 0.3) is 11.3 Å². The Balaban J connectivity index is 1.45. The van der Waals surface area contributed by atoms with Crippen LogP contribution in [-0.2, 0) is 4.74 Å². The van der Waals surface area contributed by atoms with Crippen LogP contribution in [0.4, 0.5) is 10.1 Å². The number of rotatable bonds is 4. The summed E-state index contributed by atoms with van der Waals surface area (Å²) in [6.07, 6.45) is 4.30. The largest absolute Gasteiger partial charge is 0.379 e. The van der Waals surface area contributed by atoms with Gasteiger partial charge in [0.25, 0.3) is 5.91 Å². The number of halogens is 1. The summed E-state index contributed by atoms with van der Waals surface area (Å²) in [5.41, 5.74) is 2.22. The maximum atomic E-state index is 13.0. The van der Waals surface area contributed by atoms with Gasteiger partial charge in [-0.05, 0) is 36.8 Å². The highest BCUT2D eigenvalue weighted by Crippen LogP contribution is 2.21. The predicted molar refractivity (Wildman–Crippen MR) is 88.6 cm³/mol. The Morgan fingerprint density at radius 3 is 2.96 bits per heavy atom. The van der Waals surface area contributed by atoms with E-state index >= 15 is 0 Å². The molecule has 1 amide bonds. The molecule has 0 unspecified atom stereocenters. The van der Waals surface area contributed by atoms with Gasteiger partial charge in [-0.25, -0.2) is 4.39 Å². The zero-order chi connectivity index (χ0) is 17.2. The molecular formula is C17H16FN5O2. The molecular weight excluding hydrogens is 325 g/mol. The molecule has 0 spiro atoms. The van der Waals surface area contributed by atoms with Crippen molar-refractivity contribution in [3.05, 3.63) is 54.2 Å². The molecule has 1 fully saturated rings. The lowest BCUT2D eigenvalue weighted by Crippen LogP contribution is -2.12. The van der Waals surface area contributed by atoms with Gasteiger partial charge >= 0.3 is 0 Å². The second kappa shape index (κ2) is 6.48. The van der Waals surface area contributed by atoms with Gasteiger partial charge in [0, 0.05) is 18.4 Å². The summed E-state index contributed by atoms with van der Waals surface area (Å²) in [5, 5.41) is 13.8. The van der Waals surface area contributed by atoms with Crippen molar-refractivity contribution in [2.45, 2.75) is 12.5 Å². The molecule has 2 aromatic heterocycles. The van der Waals surface area contributed by atoms with Crippen LogP contribution in [0.15, 0.2) is 42.7 Å². The number of H-pyrrole nitrogens is 1. The smallest absolute Gasteiger partial charge is 0.273 e. The van der Waals surface area contributed by atoms with E-state index in [0.717, 1.165) is 18.6 Å². The monoisotopic (exact) mass is 341 g/mol. The number of hydrogen-bond donors (Lipinski definition) is 2. The maximum absolute atomic E-state index is 13.0. The average Bonchev–Trinajstić information content (AvgIpc) is 3.36. The second-order valence-corrected chi connectivity index (χ2v) is 5.85. The van der Waals surface area contributed by atoms with E-state index in [1.54, 1.807) is 35.3 Å². The minimum atomic E-state index is -0.318. The number of ether oxygens (including phenoxy) is 1. The van der Waals surface area contributed by atoms with E-state index in [9.17, 15) is 9.18 Å². The SMILES string of the molecule is O=C(Nc1cnn([C@H]2CCOC2)c1)c1cc(-c2ccc(F)cc2)n[nH]1. The van der Waals surface area contributed by atoms with E-state index in [1.807, 2.05) is 0 Å². The average molecular weight is 341 g/mol. The van der Waals surface area contributed by atoms with Crippen molar-refractivity contribution in [2.75, 3.05) is 18.5 Å². The quantitative estimate of drug-likeness (QED) is 0.764. The zero-order valence-electron chi connectivity index (χ0n) is 13.3. The van der Waals surface area contributed by atoms with Crippen LogP contribution in [0.1, 0.15) is 23.0 Å². The molecule has 0 radical (unpaired) electrons. The third-order valence-corrected chi connectivity index (χ3v) is 4.10. The Labute approximate surface area is 142 Å². The van der Waals surface area contributed by atoms with Crippen molar-refractivity contribution in [3.63, 3.8) is 0 Å². The number of aromatic amines is 1. The molecule has 1 aromatic carbocycles. The minimum absolute atomic E-state index is 0.211. The van der Waals surface area contributed by atoms with Crippen LogP contribution in [0.5, 0.6) is 0 Å². The van der Waals surface area contributed by atoms with E-state index in [0.29, 0.717) is 23.7 Å². The summed E-state index contributed by atoms with van der Waals surface area (Å²) in [6.45, 7) is 1.36. The molecule has 1 aliphatic rings. The number of nitrogens with one attached hydrogen (secondary N) is 2. The fourth-order valence-corrected chi connectivity index (χ4v) is 2.74. The Kier molecular flexibility index (Phi) is 4.02. The Morgan fingerprint density at radius 2 is 2.20 bits per heavy atom. The molecule has 4 rings (SSSR count). The van der Waals surface area contributed by atoms with Gasteiger partial charge in [0.15, 0.2) is 0 Å². The summed E-state index contributed by atoms with van der Waals surface area (Å²) in [7, 11) is 0. The van der Waals surface area contributed by atoms with Crippen LogP contribution < -0.4 is 5.32 Å². The van der Waals surface area contributed by atoms with E-state index in [4.69, 9.17) is 4.74 Å². The van der Waals surface area contributed by atoms with Crippen LogP contribution in [-0.4, -0.2) is 39.1 Å². The lowest BCUT2D eigenvalue weighted by molar-refractivity contribution is 0.102. The molecule has 1 atom stereocenters. The normalized spacial score (nSPS) is 16.9. The Bertz CT molecular complexity index is 881. The lowest BCUT2D eigenvalue weighted by atomic mass is 10.1. The first-order chi connectivity index (χ1) is 12.2. The number of nitrogens with zero attached hydrogens (tertiary/aromatic N) is 3. The molecule has 0 saturated carbocycles. The van der Waals surface area contributed by atoms with Gasteiger partial charge in [-0.1, -0.05) is 0 Å². The highest BCUT2D eigenvalue weighted by atomic mass is 19.1. The number of carbonyl (C=O) groups excluding carboxylic acids is 1. The van der Waals surface area contributed by atoms with E-state index in [1.165, 1.54) is 12.1 Å². The van der Waals surface area contributed by atoms with Gasteiger partial charge < -0.3 is 10.1 Å². The van der Waals surface area contributed by atoms with Crippen LogP contribution in [0, 0.1) is 5.82 Å². The molecule has 1 aliphatic heterocycles. The lowest BCUT2D eigenvalue weighted by Gasteiger charge is -2.06. The highest BCUT2D eigenvalue weighted by Gasteiger charge is 2.19. The first kappa shape index (κ1) is 15.5. The maximum Gasteiger partial charge on any atom is 0.273 e. The summed E-state index contributed by atoms with van der Waals surface area (Å²) >= 11 is 0. The molecule has 3 aromatic rings. The number of aromatic nitrogens is 4. The zero-order valence-corrected chi connectivity index (χ0v) is 13.3. The van der Waals surface area contributed by atoms with E-state index in [-0.39, 0.29) is 17.8 Å². The van der Waals surface area contributed by atoms with Gasteiger partial charge in [0.2, 0.25) is 0 Å². The van der Waals surface area contributed by atoms with Gasteiger partial charge in [-0.2, -0.15) is 10.2 Å². The molecule has 0 bridgehead atoms. The molecule has 2 N–H and O–H groups in total. The number of anilines is 1. The minimum Gasteiger partial charge on any atom is -0.379 e. The van der Waals surface area contributed by atoms with Crippen molar-refractivity contribution in [3.8, 4) is 11.3 Å². The Hall–Kier alpha value is -3.00. The molecule has 7 nitrogen and oxygen atoms in total. The van der Waals surface area contributed by atoms with Gasteiger partial charge in [-0.3, -0.25) is 14.6 Å². The number of benzene rings is 1. The molecule has 8 heteroatoms. The van der Waals surface area contributed by atoms with Crippen LogP contribution in [0.3, 0.4) is 0 Å². The molecule has 0 aliphatic carbocycles. The molecule has 1 saturated heterocycles. The summed E-state index contributed by atoms with van der Waals surface area (Å²) in [6, 6.07) is 7.76. The van der Waals surface area contributed by atoms with Crippen molar-refractivity contribution < 1.29 is 13.9 Å². The first-order valence-corrected chi connectivity index (χ1v) is 7.93. The fourth-order valence-electron chi connectivity index (χ4n) is 2.74. The van der Waals surface area contributed by atoms with Crippen molar-refractivity contribution >= 4 is 11.6 Å². The third kappa shape index (κ3) is 3.29. The molecule has 128 valence electrons. The predicted octanol–water partition coefficient (Wildman–Crippen LogP) is 2.63. The fraction of sp³-hybridized carbons (Fsp3) is 0.235. The Morgan fingerprint density at radius 1 is 1.36 bits per heavy atom. The van der Waals surface area contributed by atoms with Crippen molar-refractivity contribution in [2.24, 2.45) is 0 Å². The van der Waals surface area contributed by atoms with E-state index < -0.39 is 0 Å². The van der Waals surface area contributed by atoms with Crippen molar-refractivity contribution in [1.29, 1.82) is 0 Å². The van der Waals surface area contributed by atoms with Gasteiger partial charge in [0.05, 0.1) is 30.2 Å². The first-order valence-electron chi connectivity index (χ1n) is 7.93. The van der Waals surface area contributed by atoms with Crippen LogP contribution >= 0.6 is 0 Å². The molecule has 25 heavy (non-hydrogen) atoms. The second-order valence-electron chi connectivity index (χ2n) is 5.85. The third-order valence-electron chi connectivity index (χ3n) is 4.10. The molecule has 3 heterocycles. The standard InChI is InChI=1S/C17H16FN5O2/c18-12-3-1-11(2-4-12)15-7-16(22-21-15)17(24)20-13-8-19-23(9-13)14-5-6-25-10-14/h1-4,7-9,14H,5-6,10H2,(H,20,24)(H,21,22)/t14-/m0/s1. The number of hydrogen-bond acceptors (Lipinski definition) is 4.